The van der Waals surface area contributed by atoms with Gasteiger partial charge in [0.05, 0.1) is 18.6 Å². The van der Waals surface area contributed by atoms with Crippen molar-refractivity contribution in [3.8, 4) is 0 Å². The predicted octanol–water partition coefficient (Wildman–Crippen LogP) is 3.64. The van der Waals surface area contributed by atoms with E-state index in [-0.39, 0.29) is 0 Å². The van der Waals surface area contributed by atoms with E-state index >= 15 is 0 Å². The Morgan fingerprint density at radius 1 is 1.11 bits per heavy atom. The molecule has 1 aliphatic rings. The van der Waals surface area contributed by atoms with E-state index in [1.165, 1.54) is 16.0 Å². The maximum atomic E-state index is 5.53. The molecule has 0 radical (unpaired) electrons. The molecule has 0 amide bonds. The number of rotatable bonds is 4. The molecule has 1 fully saturated rings. The first-order valence-electron chi connectivity index (χ1n) is 9.79. The zero-order valence-corrected chi connectivity index (χ0v) is 17.0. The molecule has 0 saturated carbocycles. The molecule has 0 aliphatic carbocycles. The smallest absolute Gasteiger partial charge is 0.230 e. The summed E-state index contributed by atoms with van der Waals surface area (Å²) in [5.41, 5.74) is 3.48. The van der Waals surface area contributed by atoms with Gasteiger partial charge in [-0.1, -0.05) is 37.3 Å². The van der Waals surface area contributed by atoms with E-state index in [1.807, 2.05) is 10.6 Å². The summed E-state index contributed by atoms with van der Waals surface area (Å²) in [6, 6.07) is 10.4. The monoisotopic (exact) mass is 393 g/mol. The Balaban J connectivity index is 1.71. The lowest BCUT2D eigenvalue weighted by Crippen LogP contribution is -2.38. The third kappa shape index (κ3) is 2.95. The Morgan fingerprint density at radius 3 is 2.64 bits per heavy atom. The summed E-state index contributed by atoms with van der Waals surface area (Å²) in [4.78, 5) is 14.6. The van der Waals surface area contributed by atoms with Gasteiger partial charge in [-0.05, 0) is 24.5 Å². The van der Waals surface area contributed by atoms with Gasteiger partial charge in [0.2, 0.25) is 5.95 Å². The minimum absolute atomic E-state index is 0.719. The number of hydrogen-bond acceptors (Lipinski definition) is 6. The van der Waals surface area contributed by atoms with Crippen LogP contribution in [0.25, 0.3) is 15.9 Å². The van der Waals surface area contributed by atoms with E-state index in [1.54, 1.807) is 11.3 Å². The first-order chi connectivity index (χ1) is 13.7. The van der Waals surface area contributed by atoms with Crippen molar-refractivity contribution in [1.82, 2.24) is 19.6 Å². The number of hydrogen-bond donors (Lipinski definition) is 0. The Labute approximate surface area is 167 Å². The summed E-state index contributed by atoms with van der Waals surface area (Å²) in [5, 5.41) is 6.04. The van der Waals surface area contributed by atoms with E-state index in [9.17, 15) is 0 Å². The van der Waals surface area contributed by atoms with Crippen molar-refractivity contribution in [3.63, 3.8) is 0 Å². The molecular formula is C21H23N5OS. The Morgan fingerprint density at radius 2 is 1.89 bits per heavy atom. The Bertz CT molecular complexity index is 1130. The van der Waals surface area contributed by atoms with E-state index in [0.717, 1.165) is 66.8 Å². The average Bonchev–Trinajstić information content (AvgIpc) is 3.28. The van der Waals surface area contributed by atoms with Crippen molar-refractivity contribution in [1.29, 1.82) is 0 Å². The standard InChI is InChI=1S/C21H23N5OS/c1-3-16-14(2)28-20-18(16)19-22-17(13-15-7-5-4-6-8-15)24-26(19)21(23-20)25-9-11-27-12-10-25/h4-8H,3,9-13H2,1-2H3. The van der Waals surface area contributed by atoms with Crippen LogP contribution in [0, 0.1) is 6.92 Å². The third-order valence-electron chi connectivity index (χ3n) is 5.31. The van der Waals surface area contributed by atoms with Gasteiger partial charge in [0.25, 0.3) is 0 Å². The van der Waals surface area contributed by atoms with Gasteiger partial charge in [-0.25, -0.2) is 9.97 Å². The molecule has 0 N–H and O–H groups in total. The topological polar surface area (TPSA) is 55.6 Å². The van der Waals surface area contributed by atoms with Crippen molar-refractivity contribution >= 4 is 33.1 Å². The van der Waals surface area contributed by atoms with Gasteiger partial charge < -0.3 is 9.64 Å². The molecule has 6 nitrogen and oxygen atoms in total. The van der Waals surface area contributed by atoms with E-state index in [4.69, 9.17) is 19.8 Å². The number of thiophene rings is 1. The first kappa shape index (κ1) is 17.6. The molecule has 1 saturated heterocycles. The summed E-state index contributed by atoms with van der Waals surface area (Å²) in [5.74, 6) is 1.71. The summed E-state index contributed by atoms with van der Waals surface area (Å²) < 4.78 is 7.49. The second kappa shape index (κ2) is 7.14. The molecule has 4 heterocycles. The molecule has 5 rings (SSSR count). The Kier molecular flexibility index (Phi) is 4.49. The van der Waals surface area contributed by atoms with Crippen molar-refractivity contribution in [2.24, 2.45) is 0 Å². The van der Waals surface area contributed by atoms with Crippen LogP contribution >= 0.6 is 11.3 Å². The highest BCUT2D eigenvalue weighted by Gasteiger charge is 2.23. The van der Waals surface area contributed by atoms with Crippen molar-refractivity contribution < 1.29 is 4.74 Å². The van der Waals surface area contributed by atoms with Crippen LogP contribution in [0.2, 0.25) is 0 Å². The fourth-order valence-corrected chi connectivity index (χ4v) is 5.02. The second-order valence-electron chi connectivity index (χ2n) is 7.11. The highest BCUT2D eigenvalue weighted by molar-refractivity contribution is 7.18. The largest absolute Gasteiger partial charge is 0.378 e. The van der Waals surface area contributed by atoms with Crippen LogP contribution in [0.5, 0.6) is 0 Å². The Hall–Kier alpha value is -2.51. The summed E-state index contributed by atoms with van der Waals surface area (Å²) in [6.45, 7) is 7.46. The van der Waals surface area contributed by atoms with Gasteiger partial charge in [-0.2, -0.15) is 4.52 Å². The minimum Gasteiger partial charge on any atom is -0.378 e. The summed E-state index contributed by atoms with van der Waals surface area (Å²) >= 11 is 1.76. The molecule has 1 aliphatic heterocycles. The third-order valence-corrected chi connectivity index (χ3v) is 6.35. The van der Waals surface area contributed by atoms with Crippen LogP contribution in [0.4, 0.5) is 5.95 Å². The lowest BCUT2D eigenvalue weighted by Gasteiger charge is -2.27. The zero-order chi connectivity index (χ0) is 19.1. The van der Waals surface area contributed by atoms with Gasteiger partial charge >= 0.3 is 0 Å². The van der Waals surface area contributed by atoms with Gasteiger partial charge in [-0.3, -0.25) is 0 Å². The van der Waals surface area contributed by atoms with Gasteiger partial charge in [0.1, 0.15) is 4.83 Å². The number of nitrogens with zero attached hydrogens (tertiary/aromatic N) is 5. The maximum absolute atomic E-state index is 5.53. The molecule has 4 aromatic rings. The number of fused-ring (bicyclic) bond motifs is 3. The van der Waals surface area contributed by atoms with Crippen LogP contribution < -0.4 is 4.90 Å². The molecule has 144 valence electrons. The lowest BCUT2D eigenvalue weighted by molar-refractivity contribution is 0.122. The first-order valence-corrected chi connectivity index (χ1v) is 10.6. The molecule has 1 aromatic carbocycles. The summed E-state index contributed by atoms with van der Waals surface area (Å²) in [7, 11) is 0. The molecule has 3 aromatic heterocycles. The zero-order valence-electron chi connectivity index (χ0n) is 16.2. The van der Waals surface area contributed by atoms with Crippen LogP contribution in [-0.2, 0) is 17.6 Å². The van der Waals surface area contributed by atoms with Gasteiger partial charge in [0.15, 0.2) is 11.5 Å². The summed E-state index contributed by atoms with van der Waals surface area (Å²) in [6.07, 6.45) is 1.69. The van der Waals surface area contributed by atoms with Crippen LogP contribution in [-0.4, -0.2) is 45.9 Å². The molecule has 7 heteroatoms. The highest BCUT2D eigenvalue weighted by atomic mass is 32.1. The molecule has 28 heavy (non-hydrogen) atoms. The number of morpholine rings is 1. The van der Waals surface area contributed by atoms with Crippen LogP contribution in [0.1, 0.15) is 28.8 Å². The number of aryl methyl sites for hydroxylation is 2. The highest BCUT2D eigenvalue weighted by Crippen LogP contribution is 2.34. The molecule has 0 bridgehead atoms. The van der Waals surface area contributed by atoms with Gasteiger partial charge in [-0.15, -0.1) is 16.4 Å². The fourth-order valence-electron chi connectivity index (χ4n) is 3.91. The minimum atomic E-state index is 0.719. The number of benzene rings is 1. The SMILES string of the molecule is CCc1c(C)sc2nc(N3CCOCC3)n3nc(Cc4ccccc4)nc3c12. The van der Waals surface area contributed by atoms with Crippen molar-refractivity contribution in [3.05, 3.63) is 52.2 Å². The molecule has 0 unspecified atom stereocenters. The fraction of sp³-hybridized carbons (Fsp3) is 0.381. The quantitative estimate of drug-likeness (QED) is 0.530. The predicted molar refractivity (Wildman–Crippen MR) is 113 cm³/mol. The average molecular weight is 394 g/mol. The van der Waals surface area contributed by atoms with Crippen LogP contribution in [0.15, 0.2) is 30.3 Å². The normalized spacial score (nSPS) is 15.0. The molecule has 0 spiro atoms. The van der Waals surface area contributed by atoms with E-state index in [2.05, 4.69) is 43.0 Å². The van der Waals surface area contributed by atoms with E-state index in [0.29, 0.717) is 0 Å². The number of anilines is 1. The van der Waals surface area contributed by atoms with Gasteiger partial charge in [0, 0.05) is 24.4 Å². The number of ether oxygens (including phenoxy) is 1. The second-order valence-corrected chi connectivity index (χ2v) is 8.31. The van der Waals surface area contributed by atoms with Crippen LogP contribution in [0.3, 0.4) is 0 Å². The molecular weight excluding hydrogens is 370 g/mol. The number of aromatic nitrogens is 4. The van der Waals surface area contributed by atoms with E-state index < -0.39 is 0 Å². The molecule has 0 atom stereocenters. The van der Waals surface area contributed by atoms with Crippen molar-refractivity contribution in [2.45, 2.75) is 26.7 Å². The lowest BCUT2D eigenvalue weighted by atomic mass is 10.1. The maximum Gasteiger partial charge on any atom is 0.230 e. The van der Waals surface area contributed by atoms with Crippen molar-refractivity contribution in [2.75, 3.05) is 31.2 Å².